The van der Waals surface area contributed by atoms with Crippen LogP contribution in [0.5, 0.6) is 0 Å². The fourth-order valence-corrected chi connectivity index (χ4v) is 3.61. The zero-order valence-electron chi connectivity index (χ0n) is 16.0. The molecule has 0 radical (unpaired) electrons. The number of rotatable bonds is 5. The number of carbonyl (C=O) groups excluding carboxylic acids is 2. The molecule has 0 unspecified atom stereocenters. The van der Waals surface area contributed by atoms with Gasteiger partial charge in [0.15, 0.2) is 0 Å². The number of hydrogen-bond acceptors (Lipinski definition) is 3. The molecule has 0 aromatic heterocycles. The van der Waals surface area contributed by atoms with E-state index >= 15 is 0 Å². The Morgan fingerprint density at radius 1 is 1.25 bits per heavy atom. The van der Waals surface area contributed by atoms with Gasteiger partial charge in [0, 0.05) is 13.6 Å². The highest BCUT2D eigenvalue weighted by Crippen LogP contribution is 2.32. The predicted octanol–water partition coefficient (Wildman–Crippen LogP) is 3.64. The number of benzene rings is 2. The molecule has 2 amide bonds. The average Bonchev–Trinajstić information content (AvgIpc) is 2.66. The Morgan fingerprint density at radius 2 is 2.00 bits per heavy atom. The molecule has 5 nitrogen and oxygen atoms in total. The molecule has 28 heavy (non-hydrogen) atoms. The normalized spacial score (nSPS) is 13.1. The van der Waals surface area contributed by atoms with E-state index in [4.69, 9.17) is 11.6 Å². The van der Waals surface area contributed by atoms with Crippen LogP contribution in [0.15, 0.2) is 36.4 Å². The summed E-state index contributed by atoms with van der Waals surface area (Å²) in [6, 6.07) is 10.1. The molecule has 0 spiro atoms. The molecular weight excluding hydrogens is 381 g/mol. The lowest BCUT2D eigenvalue weighted by molar-refractivity contribution is -0.132. The van der Waals surface area contributed by atoms with Gasteiger partial charge in [-0.05, 0) is 49.1 Å². The van der Waals surface area contributed by atoms with Crippen LogP contribution in [-0.2, 0) is 16.0 Å². The largest absolute Gasteiger partial charge is 0.360 e. The fourth-order valence-electron chi connectivity index (χ4n) is 3.42. The topological polar surface area (TPSA) is 52.7 Å². The number of hydrogen-bond donors (Lipinski definition) is 1. The fraction of sp³-hybridized carbons (Fsp3) is 0.333. The highest BCUT2D eigenvalue weighted by atomic mass is 35.5. The summed E-state index contributed by atoms with van der Waals surface area (Å²) in [5.74, 6) is -0.903. The molecule has 3 rings (SSSR count). The van der Waals surface area contributed by atoms with Crippen LogP contribution in [0, 0.1) is 12.7 Å². The minimum Gasteiger partial charge on any atom is -0.360 e. The van der Waals surface area contributed by atoms with E-state index in [1.54, 1.807) is 42.3 Å². The lowest BCUT2D eigenvalue weighted by atomic mass is 9.96. The first-order valence-electron chi connectivity index (χ1n) is 9.18. The maximum absolute atomic E-state index is 14.4. The first-order valence-corrected chi connectivity index (χ1v) is 9.56. The van der Waals surface area contributed by atoms with Crippen LogP contribution in [0.2, 0.25) is 5.02 Å². The summed E-state index contributed by atoms with van der Waals surface area (Å²) in [5.41, 5.74) is 2.99. The third-order valence-electron chi connectivity index (χ3n) is 4.92. The highest BCUT2D eigenvalue weighted by molar-refractivity contribution is 6.33. The van der Waals surface area contributed by atoms with E-state index in [0.29, 0.717) is 22.9 Å². The van der Waals surface area contributed by atoms with Gasteiger partial charge < -0.3 is 15.1 Å². The third kappa shape index (κ3) is 4.44. The van der Waals surface area contributed by atoms with E-state index in [2.05, 4.69) is 5.32 Å². The minimum absolute atomic E-state index is 0.0310. The van der Waals surface area contributed by atoms with Gasteiger partial charge in [-0.15, -0.1) is 0 Å². The summed E-state index contributed by atoms with van der Waals surface area (Å²) < 4.78 is 14.4. The number of halogens is 2. The second-order valence-electron chi connectivity index (χ2n) is 6.99. The lowest BCUT2D eigenvalue weighted by Gasteiger charge is -2.33. The number of amides is 2. The predicted molar refractivity (Wildman–Crippen MR) is 109 cm³/mol. The first kappa shape index (κ1) is 20.1. The number of para-hydroxylation sites is 1. The van der Waals surface area contributed by atoms with Crippen molar-refractivity contribution in [2.24, 2.45) is 0 Å². The monoisotopic (exact) mass is 403 g/mol. The average molecular weight is 404 g/mol. The van der Waals surface area contributed by atoms with Gasteiger partial charge in [0.25, 0.3) is 0 Å². The lowest BCUT2D eigenvalue weighted by Crippen LogP contribution is -2.43. The quantitative estimate of drug-likeness (QED) is 0.829. The van der Waals surface area contributed by atoms with Crippen LogP contribution in [0.3, 0.4) is 0 Å². The number of likely N-dealkylation sites (N-methyl/N-ethyl adjacent to an activating group) is 1. The molecule has 0 fully saturated rings. The molecule has 148 valence electrons. The second-order valence-corrected chi connectivity index (χ2v) is 7.40. The van der Waals surface area contributed by atoms with E-state index in [1.165, 1.54) is 11.0 Å². The van der Waals surface area contributed by atoms with E-state index in [1.807, 2.05) is 6.92 Å². The summed E-state index contributed by atoms with van der Waals surface area (Å²) >= 11 is 6.03. The number of anilines is 2. The zero-order chi connectivity index (χ0) is 20.3. The second kappa shape index (κ2) is 8.61. The first-order chi connectivity index (χ1) is 13.4. The van der Waals surface area contributed by atoms with Crippen molar-refractivity contribution in [3.63, 3.8) is 0 Å². The van der Waals surface area contributed by atoms with Crippen LogP contribution in [-0.4, -0.2) is 43.4 Å². The number of carbonyl (C=O) groups is 2. The molecule has 7 heteroatoms. The Hall–Kier alpha value is -2.60. The van der Waals surface area contributed by atoms with E-state index in [9.17, 15) is 14.0 Å². The van der Waals surface area contributed by atoms with Crippen molar-refractivity contribution in [1.82, 2.24) is 4.90 Å². The standard InChI is InChI=1S/C21H23ClFN3O2/c1-14-9-10-17(23)21-15(14)6-5-11-26(21)13-20(28)25(2)12-19(27)24-18-8-4-3-7-16(18)22/h3-4,7-10H,5-6,11-13H2,1-2H3,(H,24,27). The van der Waals surface area contributed by atoms with Crippen molar-refractivity contribution in [2.45, 2.75) is 19.8 Å². The van der Waals surface area contributed by atoms with Crippen LogP contribution in [0.4, 0.5) is 15.8 Å². The van der Waals surface area contributed by atoms with Crippen molar-refractivity contribution in [3.8, 4) is 0 Å². The minimum atomic E-state index is -0.343. The van der Waals surface area contributed by atoms with Crippen LogP contribution < -0.4 is 10.2 Å². The van der Waals surface area contributed by atoms with Gasteiger partial charge in [0.2, 0.25) is 11.8 Å². The molecule has 1 aliphatic rings. The summed E-state index contributed by atoms with van der Waals surface area (Å²) in [4.78, 5) is 28.0. The Balaban J connectivity index is 1.63. The number of nitrogens with zero attached hydrogens (tertiary/aromatic N) is 2. The van der Waals surface area contributed by atoms with Crippen molar-refractivity contribution < 1.29 is 14.0 Å². The molecule has 0 bridgehead atoms. The molecule has 0 saturated carbocycles. The van der Waals surface area contributed by atoms with Crippen molar-refractivity contribution >= 4 is 34.8 Å². The van der Waals surface area contributed by atoms with Crippen molar-refractivity contribution in [2.75, 3.05) is 36.9 Å². The molecule has 0 aliphatic carbocycles. The number of nitrogens with one attached hydrogen (secondary N) is 1. The van der Waals surface area contributed by atoms with Gasteiger partial charge in [0.05, 0.1) is 29.5 Å². The van der Waals surface area contributed by atoms with Crippen LogP contribution in [0.1, 0.15) is 17.5 Å². The number of aryl methyl sites for hydroxylation is 1. The van der Waals surface area contributed by atoms with E-state index < -0.39 is 0 Å². The van der Waals surface area contributed by atoms with Crippen molar-refractivity contribution in [3.05, 3.63) is 58.4 Å². The molecule has 0 saturated heterocycles. The Morgan fingerprint density at radius 3 is 2.75 bits per heavy atom. The Bertz CT molecular complexity index is 903. The highest BCUT2D eigenvalue weighted by Gasteiger charge is 2.25. The molecule has 1 aliphatic heterocycles. The van der Waals surface area contributed by atoms with E-state index in [-0.39, 0.29) is 30.7 Å². The van der Waals surface area contributed by atoms with Gasteiger partial charge in [-0.25, -0.2) is 4.39 Å². The molecule has 2 aromatic rings. The zero-order valence-corrected chi connectivity index (χ0v) is 16.7. The molecule has 1 heterocycles. The molecule has 1 N–H and O–H groups in total. The summed E-state index contributed by atoms with van der Waals surface area (Å²) in [7, 11) is 1.56. The van der Waals surface area contributed by atoms with Gasteiger partial charge in [-0.1, -0.05) is 29.8 Å². The maximum atomic E-state index is 14.4. The van der Waals surface area contributed by atoms with Gasteiger partial charge in [-0.3, -0.25) is 9.59 Å². The molecule has 0 atom stereocenters. The van der Waals surface area contributed by atoms with Gasteiger partial charge in [-0.2, -0.15) is 0 Å². The maximum Gasteiger partial charge on any atom is 0.244 e. The van der Waals surface area contributed by atoms with E-state index in [0.717, 1.165) is 24.0 Å². The SMILES string of the molecule is Cc1ccc(F)c2c1CCCN2CC(=O)N(C)CC(=O)Nc1ccccc1Cl. The van der Waals surface area contributed by atoms with Crippen molar-refractivity contribution in [1.29, 1.82) is 0 Å². The van der Waals surface area contributed by atoms with Gasteiger partial charge in [0.1, 0.15) is 5.82 Å². The summed E-state index contributed by atoms with van der Waals surface area (Å²) in [6.45, 7) is 2.48. The molecule has 2 aromatic carbocycles. The van der Waals surface area contributed by atoms with Gasteiger partial charge >= 0.3 is 0 Å². The Labute approximate surface area is 169 Å². The molecular formula is C21H23ClFN3O2. The van der Waals surface area contributed by atoms with Crippen LogP contribution in [0.25, 0.3) is 0 Å². The number of fused-ring (bicyclic) bond motifs is 1. The smallest absolute Gasteiger partial charge is 0.244 e. The Kier molecular flexibility index (Phi) is 6.19. The van der Waals surface area contributed by atoms with Crippen LogP contribution >= 0.6 is 11.6 Å². The summed E-state index contributed by atoms with van der Waals surface area (Å²) in [6.07, 6.45) is 1.67. The summed E-state index contributed by atoms with van der Waals surface area (Å²) in [5, 5.41) is 3.12. The third-order valence-corrected chi connectivity index (χ3v) is 5.25.